The molecular weight excluding hydrogens is 438 g/mol. The van der Waals surface area contributed by atoms with E-state index in [1.807, 2.05) is 32.5 Å². The van der Waals surface area contributed by atoms with Crippen LogP contribution in [-0.4, -0.2) is 32.1 Å². The summed E-state index contributed by atoms with van der Waals surface area (Å²) >= 11 is 3.16. The van der Waals surface area contributed by atoms with Crippen LogP contribution in [0.25, 0.3) is 11.3 Å². The number of nitrogens with zero attached hydrogens (tertiary/aromatic N) is 2. The molecule has 0 aliphatic heterocycles. The van der Waals surface area contributed by atoms with Crippen molar-refractivity contribution in [1.82, 2.24) is 9.71 Å². The highest BCUT2D eigenvalue weighted by Gasteiger charge is 2.16. The Morgan fingerprint density at radius 3 is 2.50 bits per heavy atom. The summed E-state index contributed by atoms with van der Waals surface area (Å²) in [6, 6.07) is 12.4. The molecule has 2 heterocycles. The van der Waals surface area contributed by atoms with Gasteiger partial charge in [-0.1, -0.05) is 44.2 Å². The molecule has 0 atom stereocenters. The zero-order valence-electron chi connectivity index (χ0n) is 17.2. The Labute approximate surface area is 185 Å². The van der Waals surface area contributed by atoms with Gasteiger partial charge in [-0.15, -0.1) is 22.7 Å². The van der Waals surface area contributed by atoms with Crippen LogP contribution in [0.3, 0.4) is 0 Å². The summed E-state index contributed by atoms with van der Waals surface area (Å²) in [7, 11) is -3.56. The maximum Gasteiger partial charge on any atom is 0.235 e. The van der Waals surface area contributed by atoms with Crippen LogP contribution >= 0.6 is 22.7 Å². The van der Waals surface area contributed by atoms with Gasteiger partial charge in [0.1, 0.15) is 0 Å². The molecule has 2 aromatic heterocycles. The van der Waals surface area contributed by atoms with Crippen LogP contribution < -0.4 is 9.62 Å². The molecule has 9 heteroatoms. The highest BCUT2D eigenvalue weighted by atomic mass is 32.2. The number of aromatic nitrogens is 1. The number of amides is 1. The Kier molecular flexibility index (Phi) is 7.27. The fraction of sp³-hybridized carbons (Fsp3) is 0.333. The normalized spacial score (nSPS) is 11.6. The molecule has 6 nitrogen and oxygen atoms in total. The molecule has 0 spiro atoms. The third-order valence-electron chi connectivity index (χ3n) is 4.47. The number of hydrogen-bond donors (Lipinski definition) is 1. The summed E-state index contributed by atoms with van der Waals surface area (Å²) in [6.07, 6.45) is 1.04. The van der Waals surface area contributed by atoms with Crippen LogP contribution in [0.5, 0.6) is 0 Å². The molecule has 0 aliphatic rings. The average Bonchev–Trinajstić information content (AvgIpc) is 3.35. The van der Waals surface area contributed by atoms with Gasteiger partial charge in [-0.05, 0) is 22.9 Å². The van der Waals surface area contributed by atoms with E-state index in [0.717, 1.165) is 27.5 Å². The van der Waals surface area contributed by atoms with E-state index in [-0.39, 0.29) is 6.42 Å². The van der Waals surface area contributed by atoms with Crippen molar-refractivity contribution in [2.75, 3.05) is 17.7 Å². The van der Waals surface area contributed by atoms with Gasteiger partial charge in [0, 0.05) is 28.8 Å². The van der Waals surface area contributed by atoms with Crippen molar-refractivity contribution < 1.29 is 13.2 Å². The molecule has 0 saturated heterocycles. The Morgan fingerprint density at radius 2 is 1.90 bits per heavy atom. The quantitative estimate of drug-likeness (QED) is 0.507. The largest absolute Gasteiger partial charge is 0.342 e. The second kappa shape index (κ2) is 9.72. The lowest BCUT2D eigenvalue weighted by atomic mass is 10.0. The van der Waals surface area contributed by atoms with E-state index >= 15 is 0 Å². The molecule has 160 valence electrons. The predicted octanol–water partition coefficient (Wildman–Crippen LogP) is 4.47. The first-order valence-electron chi connectivity index (χ1n) is 9.55. The fourth-order valence-electron chi connectivity index (χ4n) is 2.91. The first-order valence-corrected chi connectivity index (χ1v) is 13.2. The molecule has 0 saturated carbocycles. The Hall–Kier alpha value is -2.23. The van der Waals surface area contributed by atoms with E-state index in [2.05, 4.69) is 38.1 Å². The zero-order valence-corrected chi connectivity index (χ0v) is 19.6. The molecule has 0 radical (unpaired) electrons. The summed E-state index contributed by atoms with van der Waals surface area (Å²) in [4.78, 5) is 19.9. The van der Waals surface area contributed by atoms with Gasteiger partial charge in [0.05, 0.1) is 18.5 Å². The smallest absolute Gasteiger partial charge is 0.235 e. The van der Waals surface area contributed by atoms with Crippen LogP contribution in [0.15, 0.2) is 47.2 Å². The van der Waals surface area contributed by atoms with Crippen molar-refractivity contribution in [2.24, 2.45) is 0 Å². The number of carbonyl (C=O) groups excluding carboxylic acids is 1. The maximum atomic E-state index is 12.0. The van der Waals surface area contributed by atoms with E-state index in [1.54, 1.807) is 11.3 Å². The van der Waals surface area contributed by atoms with E-state index in [1.165, 1.54) is 16.9 Å². The standard InChI is InChI=1S/C21H25N3O3S3/c1-15(2)16-6-8-17(9-7-16)19-14-29-21(22-19)24(13-18-5-4-12-28-18)11-10-20(25)23-30(3,26)27/h4-9,12,14-15H,10-11,13H2,1-3H3,(H,23,25). The van der Waals surface area contributed by atoms with E-state index in [9.17, 15) is 13.2 Å². The Morgan fingerprint density at radius 1 is 1.17 bits per heavy atom. The number of nitrogens with one attached hydrogen (secondary N) is 1. The molecule has 30 heavy (non-hydrogen) atoms. The van der Waals surface area contributed by atoms with E-state index < -0.39 is 15.9 Å². The lowest BCUT2D eigenvalue weighted by molar-refractivity contribution is -0.119. The van der Waals surface area contributed by atoms with Crippen LogP contribution in [0.2, 0.25) is 0 Å². The van der Waals surface area contributed by atoms with Crippen LogP contribution in [-0.2, 0) is 21.4 Å². The van der Waals surface area contributed by atoms with Crippen LogP contribution in [0.1, 0.15) is 36.6 Å². The lowest BCUT2D eigenvalue weighted by Gasteiger charge is -2.20. The summed E-state index contributed by atoms with van der Waals surface area (Å²) in [5.74, 6) is -0.0425. The number of rotatable bonds is 9. The molecular formula is C21H25N3O3S3. The maximum absolute atomic E-state index is 12.0. The Bertz CT molecular complexity index is 1070. The van der Waals surface area contributed by atoms with Crippen LogP contribution in [0, 0.1) is 0 Å². The molecule has 1 amide bonds. The van der Waals surface area contributed by atoms with Gasteiger partial charge in [-0.25, -0.2) is 13.4 Å². The molecule has 0 aliphatic carbocycles. The first-order chi connectivity index (χ1) is 14.2. The van der Waals surface area contributed by atoms with Crippen molar-refractivity contribution in [1.29, 1.82) is 0 Å². The number of sulfonamides is 1. The summed E-state index contributed by atoms with van der Waals surface area (Å²) in [5.41, 5.74) is 3.22. The minimum atomic E-state index is -3.56. The number of thiazole rings is 1. The molecule has 1 aromatic carbocycles. The van der Waals surface area contributed by atoms with E-state index in [0.29, 0.717) is 19.0 Å². The van der Waals surface area contributed by atoms with Gasteiger partial charge < -0.3 is 4.90 Å². The van der Waals surface area contributed by atoms with Gasteiger partial charge in [0.15, 0.2) is 5.13 Å². The third kappa shape index (κ3) is 6.38. The number of hydrogen-bond acceptors (Lipinski definition) is 7. The second-order valence-electron chi connectivity index (χ2n) is 7.34. The molecule has 3 rings (SSSR count). The van der Waals surface area contributed by atoms with Crippen molar-refractivity contribution in [3.05, 3.63) is 57.6 Å². The molecule has 3 aromatic rings. The minimum Gasteiger partial charge on any atom is -0.342 e. The van der Waals surface area contributed by atoms with Crippen molar-refractivity contribution >= 4 is 43.7 Å². The fourth-order valence-corrected chi connectivity index (χ4v) is 5.01. The van der Waals surface area contributed by atoms with E-state index in [4.69, 9.17) is 4.98 Å². The van der Waals surface area contributed by atoms with Crippen molar-refractivity contribution in [3.8, 4) is 11.3 Å². The van der Waals surface area contributed by atoms with Gasteiger partial charge in [0.25, 0.3) is 0 Å². The Balaban J connectivity index is 1.77. The highest BCUT2D eigenvalue weighted by molar-refractivity contribution is 7.89. The monoisotopic (exact) mass is 463 g/mol. The van der Waals surface area contributed by atoms with Crippen molar-refractivity contribution in [2.45, 2.75) is 32.7 Å². The summed E-state index contributed by atoms with van der Waals surface area (Å²) < 4.78 is 24.6. The van der Waals surface area contributed by atoms with Gasteiger partial charge in [-0.3, -0.25) is 9.52 Å². The lowest BCUT2D eigenvalue weighted by Crippen LogP contribution is -2.33. The van der Waals surface area contributed by atoms with Crippen LogP contribution in [0.4, 0.5) is 5.13 Å². The zero-order chi connectivity index (χ0) is 21.7. The highest BCUT2D eigenvalue weighted by Crippen LogP contribution is 2.30. The molecule has 0 fully saturated rings. The topological polar surface area (TPSA) is 79.4 Å². The first kappa shape index (κ1) is 22.5. The second-order valence-corrected chi connectivity index (χ2v) is 11.0. The minimum absolute atomic E-state index is 0.0659. The predicted molar refractivity (Wildman–Crippen MR) is 125 cm³/mol. The van der Waals surface area contributed by atoms with Gasteiger partial charge >= 0.3 is 0 Å². The van der Waals surface area contributed by atoms with Gasteiger partial charge in [-0.2, -0.15) is 0 Å². The molecule has 0 unspecified atom stereocenters. The number of anilines is 1. The number of carbonyl (C=O) groups is 1. The number of thiophene rings is 1. The molecule has 1 N–H and O–H groups in total. The summed E-state index contributed by atoms with van der Waals surface area (Å²) in [6.45, 7) is 5.32. The molecule has 0 bridgehead atoms. The van der Waals surface area contributed by atoms with Gasteiger partial charge in [0.2, 0.25) is 15.9 Å². The van der Waals surface area contributed by atoms with Crippen molar-refractivity contribution in [3.63, 3.8) is 0 Å². The number of benzene rings is 1. The average molecular weight is 464 g/mol. The SMILES string of the molecule is CC(C)c1ccc(-c2csc(N(CCC(=O)NS(C)(=O)=O)Cc3cccs3)n2)cc1. The third-order valence-corrected chi connectivity index (χ3v) is 6.83. The summed E-state index contributed by atoms with van der Waals surface area (Å²) in [5, 5.41) is 4.82.